The number of carbonyl (C=O) groups is 2. The second-order valence-corrected chi connectivity index (χ2v) is 6.80. The van der Waals surface area contributed by atoms with Crippen molar-refractivity contribution in [1.29, 1.82) is 0 Å². The molecule has 7 heteroatoms. The van der Waals surface area contributed by atoms with Crippen molar-refractivity contribution < 1.29 is 9.59 Å². The lowest BCUT2D eigenvalue weighted by atomic mass is 10.2. The number of amides is 3. The van der Waals surface area contributed by atoms with Crippen molar-refractivity contribution in [1.82, 2.24) is 15.2 Å². The van der Waals surface area contributed by atoms with E-state index in [4.69, 9.17) is 0 Å². The van der Waals surface area contributed by atoms with Gasteiger partial charge in [-0.15, -0.1) is 0 Å². The van der Waals surface area contributed by atoms with Gasteiger partial charge in [-0.25, -0.2) is 4.79 Å². The Bertz CT molecular complexity index is 961. The number of urea groups is 1. The van der Waals surface area contributed by atoms with Gasteiger partial charge in [0, 0.05) is 54.7 Å². The number of carbonyl (C=O) groups excluding carboxylic acids is 2. The molecule has 0 spiro atoms. The number of H-pyrrole nitrogens is 1. The maximum absolute atomic E-state index is 12.4. The molecule has 4 rings (SSSR count). The summed E-state index contributed by atoms with van der Waals surface area (Å²) in [6.07, 6.45) is 1.86. The van der Waals surface area contributed by atoms with E-state index < -0.39 is 0 Å². The molecular formula is C21H23N5O2. The van der Waals surface area contributed by atoms with Crippen LogP contribution < -0.4 is 15.5 Å². The first-order valence-electron chi connectivity index (χ1n) is 9.39. The fraction of sp³-hybridized carbons (Fsp3) is 0.238. The van der Waals surface area contributed by atoms with E-state index in [1.165, 1.54) is 5.69 Å². The van der Waals surface area contributed by atoms with E-state index >= 15 is 0 Å². The molecule has 2 aromatic carbocycles. The fourth-order valence-corrected chi connectivity index (χ4v) is 3.41. The highest BCUT2D eigenvalue weighted by Gasteiger charge is 2.21. The maximum Gasteiger partial charge on any atom is 0.317 e. The molecule has 0 radical (unpaired) electrons. The molecule has 1 aliphatic heterocycles. The summed E-state index contributed by atoms with van der Waals surface area (Å²) in [5, 5.41) is 6.55. The van der Waals surface area contributed by atoms with Crippen LogP contribution in [0.15, 0.2) is 60.8 Å². The Morgan fingerprint density at radius 3 is 2.54 bits per heavy atom. The summed E-state index contributed by atoms with van der Waals surface area (Å²) in [6, 6.07) is 17.6. The van der Waals surface area contributed by atoms with Crippen molar-refractivity contribution >= 4 is 34.2 Å². The van der Waals surface area contributed by atoms with E-state index in [0.29, 0.717) is 18.8 Å². The Labute approximate surface area is 163 Å². The molecule has 7 nitrogen and oxygen atoms in total. The molecular weight excluding hydrogens is 354 g/mol. The number of benzene rings is 2. The number of nitrogens with zero attached hydrogens (tertiary/aromatic N) is 2. The van der Waals surface area contributed by atoms with Gasteiger partial charge in [0.25, 0.3) is 0 Å². The lowest BCUT2D eigenvalue weighted by Gasteiger charge is -2.36. The van der Waals surface area contributed by atoms with Crippen LogP contribution in [0.2, 0.25) is 0 Å². The number of hydrogen-bond acceptors (Lipinski definition) is 3. The van der Waals surface area contributed by atoms with E-state index in [2.05, 4.69) is 32.7 Å². The lowest BCUT2D eigenvalue weighted by Crippen LogP contribution is -2.52. The Morgan fingerprint density at radius 2 is 1.75 bits per heavy atom. The third-order valence-electron chi connectivity index (χ3n) is 4.93. The predicted molar refractivity (Wildman–Crippen MR) is 111 cm³/mol. The Morgan fingerprint density at radius 1 is 0.964 bits per heavy atom. The van der Waals surface area contributed by atoms with Gasteiger partial charge >= 0.3 is 6.03 Å². The summed E-state index contributed by atoms with van der Waals surface area (Å²) in [6.45, 7) is 2.77. The molecule has 28 heavy (non-hydrogen) atoms. The van der Waals surface area contributed by atoms with Gasteiger partial charge in [-0.05, 0) is 36.4 Å². The smallest absolute Gasteiger partial charge is 0.317 e. The summed E-state index contributed by atoms with van der Waals surface area (Å²) >= 11 is 0. The van der Waals surface area contributed by atoms with Crippen LogP contribution in [0.25, 0.3) is 10.9 Å². The average molecular weight is 377 g/mol. The van der Waals surface area contributed by atoms with Gasteiger partial charge in [0.05, 0.1) is 6.54 Å². The second kappa shape index (κ2) is 8.04. The molecule has 1 saturated heterocycles. The number of para-hydroxylation sites is 1. The summed E-state index contributed by atoms with van der Waals surface area (Å²) < 4.78 is 0. The minimum Gasteiger partial charge on any atom is -0.368 e. The zero-order valence-electron chi connectivity index (χ0n) is 15.5. The molecule has 3 amide bonds. The van der Waals surface area contributed by atoms with Gasteiger partial charge in [-0.3, -0.25) is 4.79 Å². The summed E-state index contributed by atoms with van der Waals surface area (Å²) in [7, 11) is 0. The Hall–Kier alpha value is -3.48. The zero-order chi connectivity index (χ0) is 19.3. The van der Waals surface area contributed by atoms with Crippen LogP contribution >= 0.6 is 0 Å². The van der Waals surface area contributed by atoms with E-state index in [9.17, 15) is 9.59 Å². The van der Waals surface area contributed by atoms with Crippen LogP contribution in [0.4, 0.5) is 16.2 Å². The average Bonchev–Trinajstić information content (AvgIpc) is 3.21. The molecule has 0 bridgehead atoms. The summed E-state index contributed by atoms with van der Waals surface area (Å²) in [5.74, 6) is -0.244. The van der Waals surface area contributed by atoms with E-state index in [-0.39, 0.29) is 18.5 Å². The van der Waals surface area contributed by atoms with Crippen LogP contribution in [-0.2, 0) is 4.79 Å². The number of aromatic nitrogens is 1. The predicted octanol–water partition coefficient (Wildman–Crippen LogP) is 2.64. The normalized spacial score (nSPS) is 14.1. The number of anilines is 2. The van der Waals surface area contributed by atoms with Gasteiger partial charge in [0.15, 0.2) is 0 Å². The number of hydrogen-bond donors (Lipinski definition) is 3. The van der Waals surface area contributed by atoms with Crippen molar-refractivity contribution in [2.45, 2.75) is 0 Å². The number of fused-ring (bicyclic) bond motifs is 1. The van der Waals surface area contributed by atoms with Crippen LogP contribution in [0.3, 0.4) is 0 Å². The first-order chi connectivity index (χ1) is 13.7. The molecule has 0 saturated carbocycles. The molecule has 0 unspecified atom stereocenters. The van der Waals surface area contributed by atoms with Gasteiger partial charge in [-0.1, -0.05) is 18.2 Å². The molecule has 3 aromatic rings. The Balaban J connectivity index is 1.23. The number of aromatic amines is 1. The van der Waals surface area contributed by atoms with Crippen molar-refractivity contribution in [3.63, 3.8) is 0 Å². The monoisotopic (exact) mass is 377 g/mol. The van der Waals surface area contributed by atoms with Crippen LogP contribution in [0, 0.1) is 0 Å². The number of rotatable bonds is 4. The topological polar surface area (TPSA) is 80.5 Å². The van der Waals surface area contributed by atoms with E-state index in [1.807, 2.05) is 48.7 Å². The summed E-state index contributed by atoms with van der Waals surface area (Å²) in [4.78, 5) is 31.6. The van der Waals surface area contributed by atoms with Crippen molar-refractivity contribution in [3.8, 4) is 0 Å². The highest BCUT2D eigenvalue weighted by Crippen LogP contribution is 2.18. The third kappa shape index (κ3) is 4.09. The molecule has 1 aliphatic rings. The second-order valence-electron chi connectivity index (χ2n) is 6.80. The van der Waals surface area contributed by atoms with Crippen molar-refractivity contribution in [3.05, 3.63) is 60.8 Å². The standard InChI is InChI=1S/C21H23N5O2/c27-20(24-17-6-7-19-16(14-17)8-9-22-19)15-23-21(28)26-12-10-25(11-13-26)18-4-2-1-3-5-18/h1-9,14,22H,10-13,15H2,(H,23,28)(H,24,27). The fourth-order valence-electron chi connectivity index (χ4n) is 3.41. The number of nitrogens with one attached hydrogen (secondary N) is 3. The molecule has 0 atom stereocenters. The lowest BCUT2D eigenvalue weighted by molar-refractivity contribution is -0.115. The van der Waals surface area contributed by atoms with Crippen molar-refractivity contribution in [2.24, 2.45) is 0 Å². The molecule has 1 aromatic heterocycles. The van der Waals surface area contributed by atoms with Gasteiger partial charge in [-0.2, -0.15) is 0 Å². The quantitative estimate of drug-likeness (QED) is 0.654. The van der Waals surface area contributed by atoms with Crippen LogP contribution in [0.1, 0.15) is 0 Å². The van der Waals surface area contributed by atoms with E-state index in [0.717, 1.165) is 24.0 Å². The minimum absolute atomic E-state index is 0.0527. The molecule has 144 valence electrons. The van der Waals surface area contributed by atoms with Crippen molar-refractivity contribution in [2.75, 3.05) is 42.9 Å². The van der Waals surface area contributed by atoms with Gasteiger partial charge < -0.3 is 25.4 Å². The molecule has 2 heterocycles. The highest BCUT2D eigenvalue weighted by atomic mass is 16.2. The Kier molecular flexibility index (Phi) is 5.14. The first kappa shape index (κ1) is 17.9. The maximum atomic E-state index is 12.4. The van der Waals surface area contributed by atoms with Crippen LogP contribution in [-0.4, -0.2) is 54.5 Å². The van der Waals surface area contributed by atoms with Crippen LogP contribution in [0.5, 0.6) is 0 Å². The van der Waals surface area contributed by atoms with E-state index in [1.54, 1.807) is 4.90 Å². The third-order valence-corrected chi connectivity index (χ3v) is 4.93. The minimum atomic E-state index is -0.244. The number of piperazine rings is 1. The van der Waals surface area contributed by atoms with Gasteiger partial charge in [0.2, 0.25) is 5.91 Å². The summed E-state index contributed by atoms with van der Waals surface area (Å²) in [5.41, 5.74) is 2.89. The highest BCUT2D eigenvalue weighted by molar-refractivity contribution is 5.96. The SMILES string of the molecule is O=C(CNC(=O)N1CCN(c2ccccc2)CC1)Nc1ccc2[nH]ccc2c1. The molecule has 0 aliphatic carbocycles. The largest absolute Gasteiger partial charge is 0.368 e. The van der Waals surface area contributed by atoms with Gasteiger partial charge in [0.1, 0.15) is 0 Å². The first-order valence-corrected chi connectivity index (χ1v) is 9.39. The zero-order valence-corrected chi connectivity index (χ0v) is 15.5. The molecule has 3 N–H and O–H groups in total. The molecule has 1 fully saturated rings.